The van der Waals surface area contributed by atoms with Crippen molar-refractivity contribution in [3.8, 4) is 0 Å². The lowest BCUT2D eigenvalue weighted by atomic mass is 10.8. The molecule has 1 amide bonds. The highest BCUT2D eigenvalue weighted by Crippen LogP contribution is 1.93. The van der Waals surface area contributed by atoms with E-state index in [2.05, 4.69) is 6.58 Å². The molecule has 0 atom stereocenters. The molecule has 3 heteroatoms. The van der Waals surface area contributed by atoms with Crippen LogP contribution in [0.25, 0.3) is 0 Å². The average Bonchev–Trinajstić information content (AvgIpc) is 1.65. The molecule has 0 aromatic carbocycles. The molecule has 0 saturated heterocycles. The molecule has 0 aromatic heterocycles. The van der Waals surface area contributed by atoms with E-state index in [1.165, 1.54) is 11.1 Å². The van der Waals surface area contributed by atoms with E-state index < -0.39 is 0 Å². The molecule has 0 aliphatic heterocycles. The fourth-order valence-electron chi connectivity index (χ4n) is 0.0718. The number of nitrogens with zero attached hydrogens (tertiary/aromatic N) is 1. The Kier molecular flexibility index (Phi) is 2.98. The van der Waals surface area contributed by atoms with E-state index in [-0.39, 0.29) is 3.91 Å². The maximum atomic E-state index is 10.2. The first-order valence-electron chi connectivity index (χ1n) is 1.73. The Balaban J connectivity index is 3.55. The lowest BCUT2D eigenvalue weighted by molar-refractivity contribution is 0.248. The van der Waals surface area contributed by atoms with Crippen LogP contribution in [0.15, 0.2) is 12.8 Å². The van der Waals surface area contributed by atoms with Crippen molar-refractivity contribution in [2.24, 2.45) is 0 Å². The Bertz CT molecular complexity index is 91.7. The van der Waals surface area contributed by atoms with Gasteiger partial charge in [0, 0.05) is 29.6 Å². The SMILES string of the molecule is C=CN(C)C(=O)I. The summed E-state index contributed by atoms with van der Waals surface area (Å²) >= 11 is 1.68. The van der Waals surface area contributed by atoms with E-state index in [1.54, 1.807) is 29.6 Å². The van der Waals surface area contributed by atoms with Crippen molar-refractivity contribution in [3.63, 3.8) is 0 Å². The molecular formula is C4H6INO. The molecule has 0 fully saturated rings. The third-order valence-electron chi connectivity index (χ3n) is 0.551. The average molecular weight is 211 g/mol. The molecule has 0 saturated carbocycles. The highest BCUT2D eigenvalue weighted by atomic mass is 127. The zero-order valence-electron chi connectivity index (χ0n) is 4.02. The van der Waals surface area contributed by atoms with Gasteiger partial charge in [-0.25, -0.2) is 0 Å². The lowest BCUT2D eigenvalue weighted by Crippen LogP contribution is -2.10. The molecule has 0 spiro atoms. The molecule has 0 aliphatic rings. The largest absolute Gasteiger partial charge is 0.314 e. The number of rotatable bonds is 1. The van der Waals surface area contributed by atoms with Crippen molar-refractivity contribution in [2.75, 3.05) is 7.05 Å². The lowest BCUT2D eigenvalue weighted by Gasteiger charge is -2.02. The predicted molar refractivity (Wildman–Crippen MR) is 37.4 cm³/mol. The molecule has 40 valence electrons. The summed E-state index contributed by atoms with van der Waals surface area (Å²) < 4.78 is -0.0207. The number of amides is 1. The molecule has 0 radical (unpaired) electrons. The van der Waals surface area contributed by atoms with Crippen LogP contribution in [0, 0.1) is 0 Å². The van der Waals surface area contributed by atoms with Crippen LogP contribution in [0.1, 0.15) is 0 Å². The number of hydrogen-bond acceptors (Lipinski definition) is 1. The first-order valence-corrected chi connectivity index (χ1v) is 2.81. The topological polar surface area (TPSA) is 20.3 Å². The molecule has 0 N–H and O–H groups in total. The van der Waals surface area contributed by atoms with Crippen molar-refractivity contribution >= 4 is 26.5 Å². The Morgan fingerprint density at radius 1 is 2.00 bits per heavy atom. The minimum Gasteiger partial charge on any atom is -0.314 e. The summed E-state index contributed by atoms with van der Waals surface area (Å²) in [6.45, 7) is 3.38. The normalized spacial score (nSPS) is 7.71. The molecule has 0 heterocycles. The number of carbonyl (C=O) groups is 1. The van der Waals surface area contributed by atoms with E-state index >= 15 is 0 Å². The second-order valence-corrected chi connectivity index (χ2v) is 1.97. The third kappa shape index (κ3) is 2.61. The van der Waals surface area contributed by atoms with Gasteiger partial charge in [-0.1, -0.05) is 6.58 Å². The van der Waals surface area contributed by atoms with E-state index in [0.29, 0.717) is 0 Å². The van der Waals surface area contributed by atoms with E-state index in [9.17, 15) is 4.79 Å². The fraction of sp³-hybridized carbons (Fsp3) is 0.250. The molecule has 0 unspecified atom stereocenters. The van der Waals surface area contributed by atoms with Gasteiger partial charge in [0.15, 0.2) is 0 Å². The predicted octanol–water partition coefficient (Wildman–Crippen LogP) is 1.62. The van der Waals surface area contributed by atoms with Crippen molar-refractivity contribution in [2.45, 2.75) is 0 Å². The van der Waals surface area contributed by atoms with Crippen LogP contribution in [0.2, 0.25) is 0 Å². The third-order valence-corrected chi connectivity index (χ3v) is 1.31. The first-order chi connectivity index (χ1) is 3.18. The second-order valence-electron chi connectivity index (χ2n) is 1.05. The van der Waals surface area contributed by atoms with Gasteiger partial charge in [-0.3, -0.25) is 4.79 Å². The van der Waals surface area contributed by atoms with Gasteiger partial charge >= 0.3 is 0 Å². The molecule has 2 nitrogen and oxygen atoms in total. The summed E-state index contributed by atoms with van der Waals surface area (Å²) in [5.74, 6) is 0. The summed E-state index contributed by atoms with van der Waals surface area (Å²) in [6, 6.07) is 0. The Morgan fingerprint density at radius 3 is 2.43 bits per heavy atom. The monoisotopic (exact) mass is 211 g/mol. The molecular weight excluding hydrogens is 205 g/mol. The van der Waals surface area contributed by atoms with Gasteiger partial charge in [0.1, 0.15) is 0 Å². The van der Waals surface area contributed by atoms with Gasteiger partial charge in [0.2, 0.25) is 0 Å². The summed E-state index contributed by atoms with van der Waals surface area (Å²) in [6.07, 6.45) is 1.47. The van der Waals surface area contributed by atoms with E-state index in [4.69, 9.17) is 0 Å². The molecule has 0 aliphatic carbocycles. The van der Waals surface area contributed by atoms with E-state index in [0.717, 1.165) is 0 Å². The van der Waals surface area contributed by atoms with Crippen LogP contribution in [0.5, 0.6) is 0 Å². The second kappa shape index (κ2) is 3.01. The standard InChI is InChI=1S/C4H6INO/c1-3-6(2)4(5)7/h3H,1H2,2H3. The van der Waals surface area contributed by atoms with Crippen LogP contribution in [0.3, 0.4) is 0 Å². The van der Waals surface area contributed by atoms with E-state index in [1.807, 2.05) is 0 Å². The Hall–Kier alpha value is -0.0600. The zero-order chi connectivity index (χ0) is 5.86. The maximum absolute atomic E-state index is 10.2. The maximum Gasteiger partial charge on any atom is 0.286 e. The van der Waals surface area contributed by atoms with Gasteiger partial charge in [0.25, 0.3) is 3.91 Å². The van der Waals surface area contributed by atoms with Crippen LogP contribution < -0.4 is 0 Å². The minimum atomic E-state index is -0.0207. The molecule has 7 heavy (non-hydrogen) atoms. The van der Waals surface area contributed by atoms with Crippen molar-refractivity contribution in [1.82, 2.24) is 4.90 Å². The van der Waals surface area contributed by atoms with Crippen LogP contribution >= 0.6 is 22.6 Å². The summed E-state index contributed by atoms with van der Waals surface area (Å²) in [4.78, 5) is 11.6. The Labute approximate surface area is 56.3 Å². The molecule has 0 bridgehead atoms. The molecule has 0 aromatic rings. The summed E-state index contributed by atoms with van der Waals surface area (Å²) in [7, 11) is 1.65. The quantitative estimate of drug-likeness (QED) is 0.366. The van der Waals surface area contributed by atoms with Crippen molar-refractivity contribution in [3.05, 3.63) is 12.8 Å². The Morgan fingerprint density at radius 2 is 2.43 bits per heavy atom. The highest BCUT2D eigenvalue weighted by molar-refractivity contribution is 14.1. The van der Waals surface area contributed by atoms with Crippen LogP contribution in [-0.4, -0.2) is 15.9 Å². The van der Waals surface area contributed by atoms with Gasteiger partial charge in [-0.2, -0.15) is 0 Å². The van der Waals surface area contributed by atoms with Crippen LogP contribution in [-0.2, 0) is 0 Å². The minimum absolute atomic E-state index is 0.0207. The van der Waals surface area contributed by atoms with Gasteiger partial charge in [-0.15, -0.1) is 0 Å². The van der Waals surface area contributed by atoms with Gasteiger partial charge in [0.05, 0.1) is 0 Å². The number of carbonyl (C=O) groups excluding carboxylic acids is 1. The zero-order valence-corrected chi connectivity index (χ0v) is 6.18. The van der Waals surface area contributed by atoms with Gasteiger partial charge in [-0.05, 0) is 6.20 Å². The summed E-state index contributed by atoms with van der Waals surface area (Å²) in [5.41, 5.74) is 0. The van der Waals surface area contributed by atoms with Gasteiger partial charge < -0.3 is 4.90 Å². The smallest absolute Gasteiger partial charge is 0.286 e. The van der Waals surface area contributed by atoms with Crippen molar-refractivity contribution in [1.29, 1.82) is 0 Å². The first kappa shape index (κ1) is 6.94. The molecule has 0 rings (SSSR count). The number of hydrogen-bond donors (Lipinski definition) is 0. The van der Waals surface area contributed by atoms with Crippen molar-refractivity contribution < 1.29 is 4.79 Å². The number of halogens is 1. The van der Waals surface area contributed by atoms with Crippen LogP contribution in [0.4, 0.5) is 4.79 Å². The highest BCUT2D eigenvalue weighted by Gasteiger charge is 1.93. The summed E-state index contributed by atoms with van der Waals surface area (Å²) in [5, 5.41) is 0. The fourth-order valence-corrected chi connectivity index (χ4v) is 0.269.